The second-order valence-electron chi connectivity index (χ2n) is 2.49. The van der Waals surface area contributed by atoms with E-state index in [0.717, 1.165) is 12.1 Å². The number of alkyl halides is 3. The molecule has 0 aromatic heterocycles. The molecule has 0 aliphatic carbocycles. The smallest absolute Gasteiger partial charge is 0.395 e. The van der Waals surface area contributed by atoms with Gasteiger partial charge in [-0.25, -0.2) is 0 Å². The number of rotatable bonds is 2. The van der Waals surface area contributed by atoms with Crippen molar-refractivity contribution in [1.29, 1.82) is 0 Å². The molecule has 0 radical (unpaired) electrons. The number of para-hydroxylation sites is 1. The van der Waals surface area contributed by atoms with Gasteiger partial charge in [0, 0.05) is 0 Å². The van der Waals surface area contributed by atoms with Gasteiger partial charge < -0.3 is 14.1 Å². The van der Waals surface area contributed by atoms with Gasteiger partial charge >= 0.3 is 21.0 Å². The molecule has 0 amide bonds. The lowest BCUT2D eigenvalue weighted by atomic mass is 10.1. The molecule has 8 heteroatoms. The summed E-state index contributed by atoms with van der Waals surface area (Å²) in [5, 5.41) is 0. The molecule has 0 saturated heterocycles. The van der Waals surface area contributed by atoms with Gasteiger partial charge in [-0.3, -0.25) is 0 Å². The Morgan fingerprint density at radius 3 is 2.33 bits per heavy atom. The number of nitrogen functional groups attached to an aromatic ring is 1. The summed E-state index contributed by atoms with van der Waals surface area (Å²) in [6.45, 7) is 0. The standard InChI is InChI=1S/C7H5BrF3NO3/c9-7(10,11)4-2-1-3-5(12)6(4)15-8(13)14/h1-3H,12H2. The third-order valence-corrected chi connectivity index (χ3v) is 2.08. The Morgan fingerprint density at radius 1 is 1.27 bits per heavy atom. The van der Waals surface area contributed by atoms with Crippen LogP contribution in [0.1, 0.15) is 5.56 Å². The van der Waals surface area contributed by atoms with Gasteiger partial charge in [0.25, 0.3) is 5.75 Å². The molecule has 0 heterocycles. The zero-order valence-corrected chi connectivity index (χ0v) is 8.63. The highest BCUT2D eigenvalue weighted by Gasteiger charge is 2.38. The van der Waals surface area contributed by atoms with E-state index in [1.54, 1.807) is 0 Å². The summed E-state index contributed by atoms with van der Waals surface area (Å²) in [5.41, 5.74) is 3.59. The van der Waals surface area contributed by atoms with Crippen LogP contribution in [0.5, 0.6) is 5.75 Å². The summed E-state index contributed by atoms with van der Waals surface area (Å²) >= 11 is -3.79. The van der Waals surface area contributed by atoms with Gasteiger partial charge in [-0.2, -0.15) is 13.2 Å². The van der Waals surface area contributed by atoms with Gasteiger partial charge in [0.05, 0.1) is 5.69 Å². The van der Waals surface area contributed by atoms with Crippen molar-refractivity contribution in [1.82, 2.24) is 0 Å². The number of halogens is 4. The molecule has 0 bridgehead atoms. The Bertz CT molecular complexity index is 356. The number of nitrogens with two attached hydrogens (primary N) is 1. The van der Waals surface area contributed by atoms with Gasteiger partial charge in [-0.1, -0.05) is 6.07 Å². The first-order valence-corrected chi connectivity index (χ1v) is 5.46. The van der Waals surface area contributed by atoms with Gasteiger partial charge in [-0.05, 0) is 12.1 Å². The van der Waals surface area contributed by atoms with Crippen molar-refractivity contribution in [2.24, 2.45) is 0 Å². The molecule has 1 aromatic carbocycles. The Morgan fingerprint density at radius 2 is 1.87 bits per heavy atom. The first-order valence-electron chi connectivity index (χ1n) is 3.52. The summed E-state index contributed by atoms with van der Waals surface area (Å²) in [6, 6.07) is 2.87. The highest BCUT2D eigenvalue weighted by Crippen LogP contribution is 2.39. The van der Waals surface area contributed by atoms with Crippen molar-refractivity contribution >= 4 is 5.69 Å². The lowest BCUT2D eigenvalue weighted by molar-refractivity contribution is -1.62. The highest BCUT2D eigenvalue weighted by molar-refractivity contribution is 5.57. The Balaban J connectivity index is 3.21. The number of benzene rings is 1. The van der Waals surface area contributed by atoms with Crippen LogP contribution in [0.4, 0.5) is 18.9 Å². The van der Waals surface area contributed by atoms with Crippen molar-refractivity contribution < 1.29 is 40.2 Å². The van der Waals surface area contributed by atoms with Crippen LogP contribution in [0.2, 0.25) is 0 Å². The van der Waals surface area contributed by atoms with E-state index < -0.39 is 32.3 Å². The molecular weight excluding hydrogens is 283 g/mol. The van der Waals surface area contributed by atoms with Crippen LogP contribution in [-0.2, 0) is 6.18 Å². The Kier molecular flexibility index (Phi) is 3.42. The fourth-order valence-electron chi connectivity index (χ4n) is 0.927. The van der Waals surface area contributed by atoms with Crippen molar-refractivity contribution in [2.45, 2.75) is 6.18 Å². The molecule has 0 spiro atoms. The minimum absolute atomic E-state index is 0.375. The average molecular weight is 288 g/mol. The Hall–Kier alpha value is -0.990. The van der Waals surface area contributed by atoms with E-state index >= 15 is 0 Å². The first kappa shape index (κ1) is 12.1. The number of hydrogen-bond acceptors (Lipinski definition) is 4. The average Bonchev–Trinajstić information content (AvgIpc) is 2.05. The van der Waals surface area contributed by atoms with Gasteiger partial charge in [0.2, 0.25) is 0 Å². The first-order chi connectivity index (χ1) is 6.82. The maximum Gasteiger partial charge on any atom is 0.501 e. The molecule has 0 aliphatic rings. The summed E-state index contributed by atoms with van der Waals surface area (Å²) in [4.78, 5) is 0. The predicted molar refractivity (Wildman–Crippen MR) is 36.5 cm³/mol. The lowest BCUT2D eigenvalue weighted by Gasteiger charge is -2.09. The van der Waals surface area contributed by atoms with Crippen LogP contribution in [0.25, 0.3) is 0 Å². The minimum Gasteiger partial charge on any atom is -0.395 e. The number of anilines is 1. The minimum atomic E-state index is -4.71. The van der Waals surface area contributed by atoms with Crippen molar-refractivity contribution in [3.8, 4) is 5.75 Å². The molecule has 4 nitrogen and oxygen atoms in total. The van der Waals surface area contributed by atoms with Gasteiger partial charge in [-0.15, -0.1) is 3.83 Å². The van der Waals surface area contributed by atoms with Crippen LogP contribution in [0, 0.1) is 14.8 Å². The summed E-state index contributed by atoms with van der Waals surface area (Å²) in [7, 11) is 0. The van der Waals surface area contributed by atoms with E-state index in [1.807, 2.05) is 0 Å². The quantitative estimate of drug-likeness (QED) is 0.761. The zero-order chi connectivity index (χ0) is 11.6. The molecule has 15 heavy (non-hydrogen) atoms. The molecule has 1 rings (SSSR count). The SMILES string of the molecule is Nc1cccc(C(F)(F)F)c1O[Br+2]([O-])[O-]. The Labute approximate surface area is 87.9 Å². The van der Waals surface area contributed by atoms with Crippen LogP contribution >= 0.6 is 0 Å². The molecule has 84 valence electrons. The van der Waals surface area contributed by atoms with Crippen LogP contribution in [-0.4, -0.2) is 0 Å². The molecule has 1 aromatic rings. The molecule has 0 saturated carbocycles. The fraction of sp³-hybridized carbons (Fsp3) is 0.143. The third kappa shape index (κ3) is 2.98. The largest absolute Gasteiger partial charge is 0.501 e. The maximum absolute atomic E-state index is 12.4. The van der Waals surface area contributed by atoms with Gasteiger partial charge in [0.1, 0.15) is 5.56 Å². The molecule has 0 aliphatic heterocycles. The van der Waals surface area contributed by atoms with E-state index in [1.165, 1.54) is 0 Å². The van der Waals surface area contributed by atoms with Crippen LogP contribution < -0.4 is 18.0 Å². The van der Waals surface area contributed by atoms with Crippen molar-refractivity contribution in [3.63, 3.8) is 0 Å². The second-order valence-corrected chi connectivity index (χ2v) is 3.60. The van der Waals surface area contributed by atoms with Gasteiger partial charge in [0.15, 0.2) is 0 Å². The molecule has 2 N–H and O–H groups in total. The van der Waals surface area contributed by atoms with Crippen molar-refractivity contribution in [2.75, 3.05) is 5.73 Å². The van der Waals surface area contributed by atoms with Crippen molar-refractivity contribution in [3.05, 3.63) is 23.8 Å². The fourth-order valence-corrected chi connectivity index (χ4v) is 1.55. The molecule has 0 atom stereocenters. The van der Waals surface area contributed by atoms with E-state index in [-0.39, 0.29) is 5.69 Å². The molecular formula is C7H5BrF3NO3. The summed E-state index contributed by atoms with van der Waals surface area (Å²) in [5.74, 6) is -0.870. The monoisotopic (exact) mass is 287 g/mol. The lowest BCUT2D eigenvalue weighted by Crippen LogP contribution is -2.37. The molecule has 0 fully saturated rings. The highest BCUT2D eigenvalue weighted by atomic mass is 80.0. The predicted octanol–water partition coefficient (Wildman–Crippen LogP) is -0.247. The second kappa shape index (κ2) is 4.25. The van der Waals surface area contributed by atoms with E-state index in [2.05, 4.69) is 3.83 Å². The van der Waals surface area contributed by atoms with E-state index in [9.17, 15) is 21.6 Å². The van der Waals surface area contributed by atoms with E-state index in [4.69, 9.17) is 5.73 Å². The van der Waals surface area contributed by atoms with Crippen LogP contribution in [0.3, 0.4) is 0 Å². The normalized spacial score (nSPS) is 11.9. The van der Waals surface area contributed by atoms with E-state index in [0.29, 0.717) is 6.07 Å². The summed E-state index contributed by atoms with van der Waals surface area (Å²) in [6.07, 6.45) is -4.71. The third-order valence-electron chi connectivity index (χ3n) is 1.49. The molecule has 0 unspecified atom stereocenters. The number of hydrogen-bond donors (Lipinski definition) is 1. The topological polar surface area (TPSA) is 81.4 Å². The zero-order valence-electron chi connectivity index (χ0n) is 7.05. The maximum atomic E-state index is 12.4. The van der Waals surface area contributed by atoms with Crippen LogP contribution in [0.15, 0.2) is 18.2 Å². The summed E-state index contributed by atoms with van der Waals surface area (Å²) < 4.78 is 61.6.